The molecule has 2 atom stereocenters. The average molecular weight is 523 g/mol. The van der Waals surface area contributed by atoms with Crippen molar-refractivity contribution < 1.29 is 44.6 Å². The van der Waals surface area contributed by atoms with Gasteiger partial charge in [-0.25, -0.2) is 17.6 Å². The largest absolute Gasteiger partial charge is 0.428 e. The second kappa shape index (κ2) is 8.59. The molecule has 2 aliphatic rings. The number of hydrogen-bond donors (Lipinski definition) is 1. The minimum Gasteiger partial charge on any atom is -0.334 e. The molecular weight excluding hydrogens is 507 g/mol. The predicted molar refractivity (Wildman–Crippen MR) is 109 cm³/mol. The number of alkyl halides is 4. The lowest BCUT2D eigenvalue weighted by Gasteiger charge is -2.43. The van der Waals surface area contributed by atoms with Gasteiger partial charge in [0.15, 0.2) is 23.1 Å². The lowest BCUT2D eigenvalue weighted by molar-refractivity contribution is -0.269. The highest BCUT2D eigenvalue weighted by Crippen LogP contribution is 2.47. The van der Waals surface area contributed by atoms with Crippen molar-refractivity contribution in [3.05, 3.63) is 70.8 Å². The summed E-state index contributed by atoms with van der Waals surface area (Å²) in [5.74, 6) is -6.31. The average Bonchev–Trinajstić information content (AvgIpc) is 3.21. The monoisotopic (exact) mass is 523 g/mol. The van der Waals surface area contributed by atoms with Gasteiger partial charge in [0, 0.05) is 34.4 Å². The van der Waals surface area contributed by atoms with E-state index in [1.54, 1.807) is 0 Å². The minimum atomic E-state index is -5.21. The molecule has 1 fully saturated rings. The number of carbonyl (C=O) groups is 1. The van der Waals surface area contributed by atoms with Gasteiger partial charge in [0.2, 0.25) is 11.5 Å². The third-order valence-corrected chi connectivity index (χ3v) is 6.25. The molecule has 0 aliphatic carbocycles. The topological polar surface area (TPSA) is 71.5 Å². The van der Waals surface area contributed by atoms with E-state index in [-0.39, 0.29) is 47.9 Å². The predicted octanol–water partition coefficient (Wildman–Crippen LogP) is 3.22. The van der Waals surface area contributed by atoms with Crippen LogP contribution in [0.1, 0.15) is 16.8 Å². The minimum absolute atomic E-state index is 0.0279. The molecule has 1 N–H and O–H groups in total. The van der Waals surface area contributed by atoms with Crippen molar-refractivity contribution in [3.63, 3.8) is 0 Å². The summed E-state index contributed by atoms with van der Waals surface area (Å²) >= 11 is 0. The third-order valence-electron chi connectivity index (χ3n) is 5.60. The Hall–Kier alpha value is -3.00. The number of amides is 1. The maximum Gasteiger partial charge on any atom is 0.428 e. The molecule has 4 rings (SSSR count). The zero-order chi connectivity index (χ0) is 25.8. The van der Waals surface area contributed by atoms with Crippen LogP contribution in [0.5, 0.6) is 0 Å². The van der Waals surface area contributed by atoms with Crippen molar-refractivity contribution >= 4 is 22.4 Å². The number of hydrogen-bond acceptors (Lipinski definition) is 5. The van der Waals surface area contributed by atoms with Gasteiger partial charge in [-0.05, 0) is 30.3 Å². The molecule has 2 aromatic rings. The van der Waals surface area contributed by atoms with E-state index in [1.807, 2.05) is 5.48 Å². The van der Waals surface area contributed by atoms with Crippen LogP contribution in [-0.4, -0.2) is 51.3 Å². The van der Waals surface area contributed by atoms with Crippen LogP contribution in [0, 0.1) is 17.5 Å². The first-order valence-corrected chi connectivity index (χ1v) is 11.6. The highest BCUT2D eigenvalue weighted by atomic mass is 32.2. The first-order valence-electron chi connectivity index (χ1n) is 9.88. The maximum atomic E-state index is 15.1. The molecule has 188 valence electrons. The normalized spacial score (nSPS) is 22.3. The van der Waals surface area contributed by atoms with Crippen LogP contribution in [0.4, 0.5) is 30.7 Å². The van der Waals surface area contributed by atoms with Gasteiger partial charge in [0.25, 0.3) is 0 Å². The number of nitrogens with one attached hydrogen (secondary N) is 1. The number of likely N-dealkylation sites (tertiary alicyclic amines) is 1. The molecule has 1 aromatic heterocycles. The zero-order valence-electron chi connectivity index (χ0n) is 17.8. The Morgan fingerprint density at radius 3 is 2.34 bits per heavy atom. The van der Waals surface area contributed by atoms with Crippen molar-refractivity contribution in [3.8, 4) is 0 Å². The molecule has 1 aromatic carbocycles. The van der Waals surface area contributed by atoms with E-state index in [0.717, 1.165) is 6.20 Å². The number of pyridine rings is 1. The smallest absolute Gasteiger partial charge is 0.334 e. The molecule has 0 radical (unpaired) electrons. The quantitative estimate of drug-likeness (QED) is 0.482. The highest BCUT2D eigenvalue weighted by molar-refractivity contribution is 7.85. The number of aromatic nitrogens is 1. The summed E-state index contributed by atoms with van der Waals surface area (Å²) in [4.78, 5) is 21.7. The molecular formula is C21H16F7N3O3S. The Kier molecular flexibility index (Phi) is 6.16. The Morgan fingerprint density at radius 1 is 1.20 bits per heavy atom. The van der Waals surface area contributed by atoms with E-state index in [0.29, 0.717) is 6.08 Å². The van der Waals surface area contributed by atoms with Gasteiger partial charge in [-0.15, -0.1) is 0 Å². The molecule has 0 saturated carbocycles. The van der Waals surface area contributed by atoms with Gasteiger partial charge in [-0.3, -0.25) is 24.3 Å². The van der Waals surface area contributed by atoms with Gasteiger partial charge in [0.05, 0.1) is 24.5 Å². The highest BCUT2D eigenvalue weighted by Gasteiger charge is 2.60. The fourth-order valence-electron chi connectivity index (χ4n) is 3.74. The van der Waals surface area contributed by atoms with Crippen LogP contribution in [0.25, 0.3) is 5.70 Å². The van der Waals surface area contributed by atoms with E-state index < -0.39 is 57.2 Å². The fraction of sp³-hybridized carbons (Fsp3) is 0.333. The maximum absolute atomic E-state index is 15.1. The second-order valence-electron chi connectivity index (χ2n) is 8.11. The summed E-state index contributed by atoms with van der Waals surface area (Å²) in [5.41, 5.74) is -4.66. The summed E-state index contributed by atoms with van der Waals surface area (Å²) in [5, 5.41) is 0. The summed E-state index contributed by atoms with van der Waals surface area (Å²) in [6.07, 6.45) is -2.30. The van der Waals surface area contributed by atoms with Crippen molar-refractivity contribution in [1.82, 2.24) is 15.4 Å². The molecule has 2 unspecified atom stereocenters. The molecule has 2 aliphatic heterocycles. The molecule has 14 heteroatoms. The van der Waals surface area contributed by atoms with Crippen LogP contribution in [0.15, 0.2) is 36.5 Å². The van der Waals surface area contributed by atoms with Crippen molar-refractivity contribution in [2.75, 3.05) is 25.1 Å². The van der Waals surface area contributed by atoms with E-state index in [4.69, 9.17) is 4.84 Å². The Balaban J connectivity index is 1.59. The van der Waals surface area contributed by atoms with Gasteiger partial charge < -0.3 is 4.90 Å². The van der Waals surface area contributed by atoms with E-state index in [9.17, 15) is 35.3 Å². The van der Waals surface area contributed by atoms with Gasteiger partial charge >= 0.3 is 6.18 Å². The van der Waals surface area contributed by atoms with Gasteiger partial charge in [-0.2, -0.15) is 13.2 Å². The van der Waals surface area contributed by atoms with Crippen molar-refractivity contribution in [1.29, 1.82) is 0 Å². The zero-order valence-corrected chi connectivity index (χ0v) is 18.6. The molecule has 0 bridgehead atoms. The number of rotatable bonds is 5. The number of nitrogens with zero attached hydrogens (tertiary/aromatic N) is 2. The summed E-state index contributed by atoms with van der Waals surface area (Å²) < 4.78 is 109. The summed E-state index contributed by atoms with van der Waals surface area (Å²) in [6.45, 7) is -0.642. The standard InChI is InChI=1S/C21H16F7N3O3S/c1-35(33)8-17(32)31-9-19(25,10-31)16-3-2-11(7-29-16)15-6-20(34-30-15,21(26,27)28)12-4-13(22)18(24)14(23)5-12/h2-7,30H,8-10H2,1H3. The summed E-state index contributed by atoms with van der Waals surface area (Å²) in [6, 6.07) is 2.82. The SMILES string of the molecule is CS(=O)CC(=O)N1CC(F)(c2ccc(C3=CC(c4cc(F)c(F)c(F)c4)(C(F)(F)F)ON3)cn2)C1. The van der Waals surface area contributed by atoms with Gasteiger partial charge in [0.1, 0.15) is 5.75 Å². The van der Waals surface area contributed by atoms with Crippen molar-refractivity contribution in [2.45, 2.75) is 17.4 Å². The van der Waals surface area contributed by atoms with Crippen LogP contribution in [-0.2, 0) is 31.7 Å². The number of benzene rings is 1. The Labute approximate surface area is 196 Å². The number of hydroxylamine groups is 1. The first-order chi connectivity index (χ1) is 16.3. The van der Waals surface area contributed by atoms with Crippen LogP contribution < -0.4 is 5.48 Å². The second-order valence-corrected chi connectivity index (χ2v) is 9.55. The van der Waals surface area contributed by atoms with Gasteiger partial charge in [-0.1, -0.05) is 0 Å². The molecule has 35 heavy (non-hydrogen) atoms. The van der Waals surface area contributed by atoms with Crippen LogP contribution in [0.3, 0.4) is 0 Å². The molecule has 0 spiro atoms. The number of halogens is 7. The fourth-order valence-corrected chi connectivity index (χ4v) is 4.27. The molecule has 1 saturated heterocycles. The summed E-state index contributed by atoms with van der Waals surface area (Å²) in [7, 11) is -1.38. The molecule has 1 amide bonds. The first kappa shape index (κ1) is 25.1. The van der Waals surface area contributed by atoms with Crippen LogP contribution in [0.2, 0.25) is 0 Å². The van der Waals surface area contributed by atoms with Crippen LogP contribution >= 0.6 is 0 Å². The van der Waals surface area contributed by atoms with E-state index >= 15 is 4.39 Å². The lowest BCUT2D eigenvalue weighted by atomic mass is 9.90. The van der Waals surface area contributed by atoms with E-state index in [2.05, 4.69) is 4.98 Å². The van der Waals surface area contributed by atoms with Crippen molar-refractivity contribution in [2.24, 2.45) is 0 Å². The molecule has 6 nitrogen and oxygen atoms in total. The Morgan fingerprint density at radius 2 is 1.83 bits per heavy atom. The van der Waals surface area contributed by atoms with E-state index in [1.165, 1.54) is 23.3 Å². The molecule has 3 heterocycles. The third kappa shape index (κ3) is 4.40. The Bertz CT molecular complexity index is 1210. The lowest BCUT2D eigenvalue weighted by Crippen LogP contribution is -2.60. The number of carbonyl (C=O) groups excluding carboxylic acids is 1.